The Morgan fingerprint density at radius 1 is 1.33 bits per heavy atom. The molecule has 0 fully saturated rings. The van der Waals surface area contributed by atoms with Gasteiger partial charge in [0.25, 0.3) is 0 Å². The Balaban J connectivity index is 2.47. The molecule has 0 saturated heterocycles. The largest absolute Gasteiger partial charge is 0.492 e. The van der Waals surface area contributed by atoms with Crippen LogP contribution in [0.2, 0.25) is 0 Å². The van der Waals surface area contributed by atoms with Crippen molar-refractivity contribution < 1.29 is 27.8 Å². The van der Waals surface area contributed by atoms with Gasteiger partial charge in [-0.2, -0.15) is 13.2 Å². The molecular weight excluding hydrogens is 287 g/mol. The van der Waals surface area contributed by atoms with Crippen molar-refractivity contribution in [3.05, 3.63) is 29.8 Å². The normalized spacial score (nSPS) is 13.2. The third kappa shape index (κ3) is 5.26. The molecule has 0 aliphatic heterocycles. The molecule has 1 unspecified atom stereocenters. The first kappa shape index (κ1) is 17.3. The molecule has 0 spiro atoms. The summed E-state index contributed by atoms with van der Waals surface area (Å²) >= 11 is 0. The number of carboxylic acids is 1. The number of hydrogen-bond acceptors (Lipinski definition) is 3. The standard InChI is InChI=1S/C14H18F3NO3/c1-3-12(13(19)20)18(2)8-9-21-11-6-4-10(5-7-11)14(15,16)17/h4-7,12H,3,8-9H2,1-2H3,(H,19,20). The number of ether oxygens (including phenoxy) is 1. The summed E-state index contributed by atoms with van der Waals surface area (Å²) in [5.74, 6) is -0.589. The maximum absolute atomic E-state index is 12.4. The fraction of sp³-hybridized carbons (Fsp3) is 0.500. The van der Waals surface area contributed by atoms with Crippen LogP contribution in [0.1, 0.15) is 18.9 Å². The van der Waals surface area contributed by atoms with E-state index < -0.39 is 23.8 Å². The van der Waals surface area contributed by atoms with Crippen molar-refractivity contribution in [1.29, 1.82) is 0 Å². The van der Waals surface area contributed by atoms with E-state index in [9.17, 15) is 18.0 Å². The van der Waals surface area contributed by atoms with Crippen molar-refractivity contribution in [2.45, 2.75) is 25.6 Å². The van der Waals surface area contributed by atoms with Crippen LogP contribution in [0, 0.1) is 0 Å². The lowest BCUT2D eigenvalue weighted by molar-refractivity contribution is -0.143. The Hall–Kier alpha value is -1.76. The highest BCUT2D eigenvalue weighted by molar-refractivity contribution is 5.73. The van der Waals surface area contributed by atoms with Gasteiger partial charge >= 0.3 is 12.1 Å². The summed E-state index contributed by atoms with van der Waals surface area (Å²) < 4.78 is 42.5. The topological polar surface area (TPSA) is 49.8 Å². The van der Waals surface area contributed by atoms with E-state index in [2.05, 4.69) is 0 Å². The molecule has 1 rings (SSSR count). The lowest BCUT2D eigenvalue weighted by Gasteiger charge is -2.23. The maximum atomic E-state index is 12.4. The fourth-order valence-corrected chi connectivity index (χ4v) is 1.88. The van der Waals surface area contributed by atoms with Gasteiger partial charge in [-0.3, -0.25) is 9.69 Å². The molecule has 0 saturated carbocycles. The van der Waals surface area contributed by atoms with Crippen molar-refractivity contribution in [2.24, 2.45) is 0 Å². The number of halogens is 3. The number of carboxylic acid groups (broad SMARTS) is 1. The Labute approximate surface area is 121 Å². The molecule has 21 heavy (non-hydrogen) atoms. The molecule has 1 atom stereocenters. The summed E-state index contributed by atoms with van der Waals surface area (Å²) in [6, 6.07) is 3.80. The lowest BCUT2D eigenvalue weighted by Crippen LogP contribution is -2.40. The lowest BCUT2D eigenvalue weighted by atomic mass is 10.2. The van der Waals surface area contributed by atoms with E-state index in [4.69, 9.17) is 9.84 Å². The number of carbonyl (C=O) groups is 1. The third-order valence-corrected chi connectivity index (χ3v) is 3.10. The minimum Gasteiger partial charge on any atom is -0.492 e. The van der Waals surface area contributed by atoms with E-state index in [1.165, 1.54) is 12.1 Å². The smallest absolute Gasteiger partial charge is 0.416 e. The molecule has 0 aliphatic carbocycles. The van der Waals surface area contributed by atoms with Crippen LogP contribution in [0.15, 0.2) is 24.3 Å². The molecule has 1 aromatic carbocycles. The van der Waals surface area contributed by atoms with Crippen LogP contribution in [-0.2, 0) is 11.0 Å². The van der Waals surface area contributed by atoms with Crippen LogP contribution < -0.4 is 4.74 Å². The number of hydrogen-bond donors (Lipinski definition) is 1. The number of nitrogens with zero attached hydrogens (tertiary/aromatic N) is 1. The first-order valence-electron chi connectivity index (χ1n) is 6.48. The highest BCUT2D eigenvalue weighted by Crippen LogP contribution is 2.30. The van der Waals surface area contributed by atoms with Gasteiger partial charge in [-0.1, -0.05) is 6.92 Å². The second-order valence-corrected chi connectivity index (χ2v) is 4.61. The van der Waals surface area contributed by atoms with E-state index in [1.807, 2.05) is 0 Å². The van der Waals surface area contributed by atoms with Gasteiger partial charge in [-0.05, 0) is 37.7 Å². The highest BCUT2D eigenvalue weighted by atomic mass is 19.4. The summed E-state index contributed by atoms with van der Waals surface area (Å²) in [6.45, 7) is 2.34. The SMILES string of the molecule is CCC(C(=O)O)N(C)CCOc1ccc(C(F)(F)F)cc1. The molecular formula is C14H18F3NO3. The third-order valence-electron chi connectivity index (χ3n) is 3.10. The first-order chi connectivity index (χ1) is 9.75. The molecule has 0 aromatic heterocycles. The van der Waals surface area contributed by atoms with Crippen LogP contribution in [-0.4, -0.2) is 42.2 Å². The van der Waals surface area contributed by atoms with Crippen LogP contribution in [0.25, 0.3) is 0 Å². The summed E-state index contributed by atoms with van der Waals surface area (Å²) in [5, 5.41) is 8.98. The van der Waals surface area contributed by atoms with Crippen molar-refractivity contribution in [3.63, 3.8) is 0 Å². The summed E-state index contributed by atoms with van der Waals surface area (Å²) in [5.41, 5.74) is -0.733. The fourth-order valence-electron chi connectivity index (χ4n) is 1.88. The zero-order valence-electron chi connectivity index (χ0n) is 11.9. The van der Waals surface area contributed by atoms with Crippen LogP contribution in [0.5, 0.6) is 5.75 Å². The molecule has 0 radical (unpaired) electrons. The molecule has 0 aliphatic rings. The molecule has 0 bridgehead atoms. The van der Waals surface area contributed by atoms with E-state index in [-0.39, 0.29) is 6.61 Å². The Morgan fingerprint density at radius 3 is 2.33 bits per heavy atom. The zero-order chi connectivity index (χ0) is 16.0. The van der Waals surface area contributed by atoms with Gasteiger partial charge in [0, 0.05) is 6.54 Å². The average molecular weight is 305 g/mol. The van der Waals surface area contributed by atoms with Gasteiger partial charge in [0.05, 0.1) is 5.56 Å². The summed E-state index contributed by atoms with van der Waals surface area (Å²) in [4.78, 5) is 12.6. The van der Waals surface area contributed by atoms with Crippen LogP contribution in [0.4, 0.5) is 13.2 Å². The summed E-state index contributed by atoms with van der Waals surface area (Å²) in [6.07, 6.45) is -3.90. The molecule has 0 amide bonds. The first-order valence-corrected chi connectivity index (χ1v) is 6.48. The van der Waals surface area contributed by atoms with Gasteiger partial charge in [-0.15, -0.1) is 0 Å². The van der Waals surface area contributed by atoms with Gasteiger partial charge in [0.15, 0.2) is 0 Å². The van der Waals surface area contributed by atoms with Crippen LogP contribution in [0.3, 0.4) is 0 Å². The number of rotatable bonds is 7. The molecule has 4 nitrogen and oxygen atoms in total. The van der Waals surface area contributed by atoms with Gasteiger partial charge in [0.1, 0.15) is 18.4 Å². The van der Waals surface area contributed by atoms with Gasteiger partial charge < -0.3 is 9.84 Å². The Kier molecular flexibility index (Phi) is 6.02. The quantitative estimate of drug-likeness (QED) is 0.841. The van der Waals surface area contributed by atoms with E-state index in [0.29, 0.717) is 18.7 Å². The minimum absolute atomic E-state index is 0.200. The van der Waals surface area contributed by atoms with Crippen molar-refractivity contribution in [2.75, 3.05) is 20.2 Å². The number of benzene rings is 1. The second kappa shape index (κ2) is 7.31. The van der Waals surface area contributed by atoms with Crippen molar-refractivity contribution in [3.8, 4) is 5.75 Å². The predicted octanol–water partition coefficient (Wildman–Crippen LogP) is 2.88. The maximum Gasteiger partial charge on any atom is 0.416 e. The highest BCUT2D eigenvalue weighted by Gasteiger charge is 2.30. The van der Waals surface area contributed by atoms with Gasteiger partial charge in [0.2, 0.25) is 0 Å². The molecule has 1 N–H and O–H groups in total. The zero-order valence-corrected chi connectivity index (χ0v) is 11.9. The number of likely N-dealkylation sites (N-methyl/N-ethyl adjacent to an activating group) is 1. The van der Waals surface area contributed by atoms with Gasteiger partial charge in [-0.25, -0.2) is 0 Å². The molecule has 1 aromatic rings. The van der Waals surface area contributed by atoms with E-state index >= 15 is 0 Å². The van der Waals surface area contributed by atoms with Crippen molar-refractivity contribution >= 4 is 5.97 Å². The number of aliphatic carboxylic acids is 1. The molecule has 7 heteroatoms. The van der Waals surface area contributed by atoms with E-state index in [1.54, 1.807) is 18.9 Å². The average Bonchev–Trinajstić information content (AvgIpc) is 2.38. The minimum atomic E-state index is -4.37. The van der Waals surface area contributed by atoms with Crippen molar-refractivity contribution in [1.82, 2.24) is 4.90 Å². The second-order valence-electron chi connectivity index (χ2n) is 4.61. The summed E-state index contributed by atoms with van der Waals surface area (Å²) in [7, 11) is 1.67. The Morgan fingerprint density at radius 2 is 1.90 bits per heavy atom. The Bertz CT molecular complexity index is 460. The number of alkyl halides is 3. The molecule has 118 valence electrons. The van der Waals surface area contributed by atoms with Crippen LogP contribution >= 0.6 is 0 Å². The van der Waals surface area contributed by atoms with E-state index in [0.717, 1.165) is 12.1 Å². The molecule has 0 heterocycles. The predicted molar refractivity (Wildman–Crippen MR) is 71.3 cm³/mol. The monoisotopic (exact) mass is 305 g/mol.